The van der Waals surface area contributed by atoms with E-state index >= 15 is 0 Å². The van der Waals surface area contributed by atoms with Crippen LogP contribution in [0.4, 0.5) is 0 Å². The van der Waals surface area contributed by atoms with Crippen molar-refractivity contribution in [2.75, 3.05) is 0 Å². The van der Waals surface area contributed by atoms with E-state index in [1.165, 1.54) is 5.56 Å². The van der Waals surface area contributed by atoms with Crippen LogP contribution in [0.1, 0.15) is 65.0 Å². The summed E-state index contributed by atoms with van der Waals surface area (Å²) >= 11 is 0. The maximum absolute atomic E-state index is 11.2. The molecule has 0 heterocycles. The zero-order valence-corrected chi connectivity index (χ0v) is 15.3. The molecule has 0 amide bonds. The van der Waals surface area contributed by atoms with E-state index in [-0.39, 0.29) is 0 Å². The number of carbonyl (C=O) groups is 1. The summed E-state index contributed by atoms with van der Waals surface area (Å²) in [6.45, 7) is 10.7. The Morgan fingerprint density at radius 2 is 1.70 bits per heavy atom. The summed E-state index contributed by atoms with van der Waals surface area (Å²) in [4.78, 5) is 11.2. The van der Waals surface area contributed by atoms with Gasteiger partial charge >= 0.3 is 5.97 Å². The van der Waals surface area contributed by atoms with Crippen molar-refractivity contribution >= 4 is 5.97 Å². The van der Waals surface area contributed by atoms with E-state index in [2.05, 4.69) is 39.8 Å². The van der Waals surface area contributed by atoms with Crippen LogP contribution in [0.25, 0.3) is 0 Å². The molecular formula is C20H32O3. The Kier molecular flexibility index (Phi) is 8.15. The molecule has 0 aromatic heterocycles. The van der Waals surface area contributed by atoms with Crippen LogP contribution >= 0.6 is 0 Å². The van der Waals surface area contributed by atoms with Crippen molar-refractivity contribution < 1.29 is 14.6 Å². The lowest BCUT2D eigenvalue weighted by molar-refractivity contribution is -0.145. The van der Waals surface area contributed by atoms with Gasteiger partial charge in [0.2, 0.25) is 0 Å². The molecule has 0 spiro atoms. The first-order valence-corrected chi connectivity index (χ1v) is 8.84. The van der Waals surface area contributed by atoms with Gasteiger partial charge in [-0.25, -0.2) is 4.79 Å². The third-order valence-electron chi connectivity index (χ3n) is 4.04. The number of rotatable bonds is 10. The van der Waals surface area contributed by atoms with E-state index in [1.54, 1.807) is 0 Å². The summed E-state index contributed by atoms with van der Waals surface area (Å²) in [5.41, 5.74) is 2.45. The monoisotopic (exact) mass is 320 g/mol. The molecule has 1 rings (SSSR count). The minimum atomic E-state index is -0.897. The number of aryl methyl sites for hydroxylation is 2. The van der Waals surface area contributed by atoms with Gasteiger partial charge in [-0.15, -0.1) is 0 Å². The van der Waals surface area contributed by atoms with Crippen LogP contribution in [0.5, 0.6) is 5.75 Å². The molecule has 0 saturated carbocycles. The molecule has 23 heavy (non-hydrogen) atoms. The minimum absolute atomic E-state index is 0.466. The molecule has 130 valence electrons. The van der Waals surface area contributed by atoms with E-state index in [1.807, 2.05) is 13.0 Å². The first kappa shape index (κ1) is 19.5. The van der Waals surface area contributed by atoms with Gasteiger partial charge in [-0.05, 0) is 61.1 Å². The molecule has 0 aliphatic carbocycles. The van der Waals surface area contributed by atoms with Gasteiger partial charge < -0.3 is 9.84 Å². The predicted octanol–water partition coefficient (Wildman–Crippen LogP) is 5.11. The van der Waals surface area contributed by atoms with Crippen LogP contribution in [0.15, 0.2) is 18.2 Å². The molecule has 1 atom stereocenters. The predicted molar refractivity (Wildman–Crippen MR) is 95.1 cm³/mol. The van der Waals surface area contributed by atoms with Crippen molar-refractivity contribution in [3.05, 3.63) is 29.3 Å². The number of aliphatic carboxylic acids is 1. The average Bonchev–Trinajstić information content (AvgIpc) is 2.48. The van der Waals surface area contributed by atoms with Crippen molar-refractivity contribution in [1.82, 2.24) is 0 Å². The first-order chi connectivity index (χ1) is 10.8. The SMILES string of the molecule is CCC(Oc1ccc(CCC(C)C)cc1CCC(C)C)C(=O)O. The van der Waals surface area contributed by atoms with Crippen LogP contribution < -0.4 is 4.74 Å². The van der Waals surface area contributed by atoms with E-state index in [4.69, 9.17) is 4.74 Å². The van der Waals surface area contributed by atoms with Gasteiger partial charge in [0, 0.05) is 0 Å². The Bertz CT molecular complexity index is 492. The second-order valence-electron chi connectivity index (χ2n) is 7.16. The summed E-state index contributed by atoms with van der Waals surface area (Å²) in [5.74, 6) is 1.13. The minimum Gasteiger partial charge on any atom is -0.479 e. The molecular weight excluding hydrogens is 288 g/mol. The summed E-state index contributed by atoms with van der Waals surface area (Å²) in [7, 11) is 0. The number of ether oxygens (including phenoxy) is 1. The maximum atomic E-state index is 11.2. The Labute approximate surface area is 141 Å². The number of hydrogen-bond donors (Lipinski definition) is 1. The maximum Gasteiger partial charge on any atom is 0.344 e. The number of hydrogen-bond acceptors (Lipinski definition) is 2. The molecule has 0 aliphatic rings. The van der Waals surface area contributed by atoms with Gasteiger partial charge in [-0.3, -0.25) is 0 Å². The smallest absolute Gasteiger partial charge is 0.344 e. The molecule has 0 saturated heterocycles. The fraction of sp³-hybridized carbons (Fsp3) is 0.650. The Hall–Kier alpha value is -1.51. The van der Waals surface area contributed by atoms with Gasteiger partial charge in [0.15, 0.2) is 6.10 Å². The molecule has 0 bridgehead atoms. The lowest BCUT2D eigenvalue weighted by Crippen LogP contribution is -2.26. The van der Waals surface area contributed by atoms with Gasteiger partial charge in [-0.1, -0.05) is 46.8 Å². The number of carboxylic acid groups (broad SMARTS) is 1. The van der Waals surface area contributed by atoms with Gasteiger partial charge in [0.1, 0.15) is 5.75 Å². The summed E-state index contributed by atoms with van der Waals surface area (Å²) in [5, 5.41) is 9.22. The zero-order chi connectivity index (χ0) is 17.4. The average molecular weight is 320 g/mol. The standard InChI is InChI=1S/C20H32O3/c1-6-18(20(21)22)23-19-12-10-16(9-7-14(2)3)13-17(19)11-8-15(4)5/h10,12-15,18H,6-9,11H2,1-5H3,(H,21,22). The van der Waals surface area contributed by atoms with Gasteiger partial charge in [0.25, 0.3) is 0 Å². The van der Waals surface area contributed by atoms with Crippen molar-refractivity contribution in [1.29, 1.82) is 0 Å². The summed E-state index contributed by atoms with van der Waals surface area (Å²) in [6.07, 6.45) is 3.93. The molecule has 1 aromatic rings. The van der Waals surface area contributed by atoms with Crippen LogP contribution in [0, 0.1) is 11.8 Å². The molecule has 0 aliphatic heterocycles. The lowest BCUT2D eigenvalue weighted by atomic mass is 9.97. The third-order valence-corrected chi connectivity index (χ3v) is 4.04. The molecule has 1 aromatic carbocycles. The highest BCUT2D eigenvalue weighted by molar-refractivity contribution is 5.72. The highest BCUT2D eigenvalue weighted by Crippen LogP contribution is 2.26. The van der Waals surface area contributed by atoms with Crippen molar-refractivity contribution in [3.63, 3.8) is 0 Å². The molecule has 3 heteroatoms. The molecule has 1 N–H and O–H groups in total. The Balaban J connectivity index is 2.95. The van der Waals surface area contributed by atoms with E-state index in [0.29, 0.717) is 18.3 Å². The highest BCUT2D eigenvalue weighted by Gasteiger charge is 2.18. The fourth-order valence-electron chi connectivity index (χ4n) is 2.46. The second kappa shape index (κ2) is 9.59. The first-order valence-electron chi connectivity index (χ1n) is 8.84. The van der Waals surface area contributed by atoms with Crippen LogP contribution in [-0.2, 0) is 17.6 Å². The largest absolute Gasteiger partial charge is 0.479 e. The van der Waals surface area contributed by atoms with Crippen LogP contribution in [0.3, 0.4) is 0 Å². The number of benzene rings is 1. The quantitative estimate of drug-likeness (QED) is 0.652. The van der Waals surface area contributed by atoms with Crippen molar-refractivity contribution in [2.24, 2.45) is 11.8 Å². The fourth-order valence-corrected chi connectivity index (χ4v) is 2.46. The Morgan fingerprint density at radius 3 is 2.22 bits per heavy atom. The lowest BCUT2D eigenvalue weighted by Gasteiger charge is -2.18. The second-order valence-corrected chi connectivity index (χ2v) is 7.16. The van der Waals surface area contributed by atoms with Crippen molar-refractivity contribution in [2.45, 2.75) is 72.8 Å². The molecule has 0 fully saturated rings. The van der Waals surface area contributed by atoms with Crippen LogP contribution in [0.2, 0.25) is 0 Å². The van der Waals surface area contributed by atoms with E-state index < -0.39 is 12.1 Å². The Morgan fingerprint density at radius 1 is 1.09 bits per heavy atom. The normalized spacial score (nSPS) is 12.7. The summed E-state index contributed by atoms with van der Waals surface area (Å²) in [6, 6.07) is 6.23. The topological polar surface area (TPSA) is 46.5 Å². The molecule has 3 nitrogen and oxygen atoms in total. The third kappa shape index (κ3) is 7.06. The zero-order valence-electron chi connectivity index (χ0n) is 15.3. The van der Waals surface area contributed by atoms with Crippen LogP contribution in [-0.4, -0.2) is 17.2 Å². The summed E-state index contributed by atoms with van der Waals surface area (Å²) < 4.78 is 5.77. The number of carboxylic acids is 1. The molecule has 0 radical (unpaired) electrons. The highest BCUT2D eigenvalue weighted by atomic mass is 16.5. The van der Waals surface area contributed by atoms with Crippen molar-refractivity contribution in [3.8, 4) is 5.75 Å². The molecule has 1 unspecified atom stereocenters. The van der Waals surface area contributed by atoms with Gasteiger partial charge in [0.05, 0.1) is 0 Å². The van der Waals surface area contributed by atoms with E-state index in [0.717, 1.165) is 37.0 Å². The van der Waals surface area contributed by atoms with E-state index in [9.17, 15) is 9.90 Å². The van der Waals surface area contributed by atoms with Gasteiger partial charge in [-0.2, -0.15) is 0 Å².